The second-order valence-corrected chi connectivity index (χ2v) is 3.34. The number of aliphatic imine (C=N–C) groups is 1. The molecule has 0 spiro atoms. The Balaban J connectivity index is 2.52. The van der Waals surface area contributed by atoms with Crippen molar-refractivity contribution >= 4 is 11.5 Å². The Morgan fingerprint density at radius 2 is 2.42 bits per heavy atom. The summed E-state index contributed by atoms with van der Waals surface area (Å²) in [7, 11) is 2.01. The van der Waals surface area contributed by atoms with Crippen molar-refractivity contribution < 1.29 is 0 Å². The Morgan fingerprint density at radius 1 is 1.67 bits per heavy atom. The van der Waals surface area contributed by atoms with Crippen LogP contribution in [0.3, 0.4) is 0 Å². The van der Waals surface area contributed by atoms with Crippen molar-refractivity contribution in [3.63, 3.8) is 0 Å². The molecule has 12 heavy (non-hydrogen) atoms. The van der Waals surface area contributed by atoms with E-state index in [1.807, 2.05) is 24.7 Å². The van der Waals surface area contributed by atoms with E-state index in [4.69, 9.17) is 5.73 Å². The van der Waals surface area contributed by atoms with Crippen LogP contribution in [-0.4, -0.2) is 16.3 Å². The fraction of sp³-hybridized carbons (Fsp3) is 0.444. The average molecular weight is 163 g/mol. The Bertz CT molecular complexity index is 336. The predicted molar refractivity (Wildman–Crippen MR) is 49.9 cm³/mol. The van der Waals surface area contributed by atoms with E-state index < -0.39 is 0 Å². The van der Waals surface area contributed by atoms with E-state index in [0.29, 0.717) is 0 Å². The van der Waals surface area contributed by atoms with Crippen LogP contribution < -0.4 is 5.73 Å². The van der Waals surface area contributed by atoms with E-state index in [1.54, 1.807) is 0 Å². The van der Waals surface area contributed by atoms with Gasteiger partial charge in [-0.25, -0.2) is 4.99 Å². The molecule has 2 rings (SSSR count). The molecule has 1 aromatic heterocycles. The van der Waals surface area contributed by atoms with Gasteiger partial charge in [-0.1, -0.05) is 0 Å². The number of nitrogens with two attached hydrogens (primary N) is 1. The average Bonchev–Trinajstić information content (AvgIpc) is 2.35. The summed E-state index contributed by atoms with van der Waals surface area (Å²) in [5, 5.41) is 0. The molecule has 2 heterocycles. The van der Waals surface area contributed by atoms with Crippen molar-refractivity contribution in [2.75, 3.05) is 0 Å². The van der Waals surface area contributed by atoms with Crippen molar-refractivity contribution in [1.82, 2.24) is 4.57 Å². The standard InChI is InChI=1S/C9H13N3/c1-6-8(10)5-7-3-4-12(2)9(7)11-6/h3-4,8H,5,10H2,1-2H3. The van der Waals surface area contributed by atoms with E-state index in [9.17, 15) is 0 Å². The van der Waals surface area contributed by atoms with Gasteiger partial charge in [-0.3, -0.25) is 0 Å². The van der Waals surface area contributed by atoms with Crippen LogP contribution in [0.25, 0.3) is 0 Å². The minimum absolute atomic E-state index is 0.111. The maximum atomic E-state index is 5.86. The van der Waals surface area contributed by atoms with E-state index in [0.717, 1.165) is 18.0 Å². The third-order valence-electron chi connectivity index (χ3n) is 2.38. The molecule has 0 aliphatic carbocycles. The molecule has 1 atom stereocenters. The summed E-state index contributed by atoms with van der Waals surface area (Å²) in [6, 6.07) is 2.20. The molecule has 0 amide bonds. The lowest BCUT2D eigenvalue weighted by Crippen LogP contribution is -2.32. The summed E-state index contributed by atoms with van der Waals surface area (Å²) in [5.74, 6) is 1.06. The highest BCUT2D eigenvalue weighted by atomic mass is 15.1. The predicted octanol–water partition coefficient (Wildman–Crippen LogP) is 1.00. The van der Waals surface area contributed by atoms with Crippen LogP contribution >= 0.6 is 0 Å². The second-order valence-electron chi connectivity index (χ2n) is 3.34. The third kappa shape index (κ3) is 0.975. The van der Waals surface area contributed by atoms with Gasteiger partial charge < -0.3 is 10.3 Å². The Morgan fingerprint density at radius 3 is 3.17 bits per heavy atom. The first-order valence-corrected chi connectivity index (χ1v) is 4.13. The highest BCUT2D eigenvalue weighted by Crippen LogP contribution is 2.25. The number of aryl methyl sites for hydroxylation is 1. The van der Waals surface area contributed by atoms with E-state index in [-0.39, 0.29) is 6.04 Å². The van der Waals surface area contributed by atoms with Crippen LogP contribution in [0.15, 0.2) is 17.3 Å². The lowest BCUT2D eigenvalue weighted by Gasteiger charge is -2.17. The fourth-order valence-electron chi connectivity index (χ4n) is 1.52. The van der Waals surface area contributed by atoms with Gasteiger partial charge >= 0.3 is 0 Å². The maximum Gasteiger partial charge on any atom is 0.135 e. The molecule has 1 aliphatic heterocycles. The van der Waals surface area contributed by atoms with Gasteiger partial charge in [-0.2, -0.15) is 0 Å². The summed E-state index contributed by atoms with van der Waals surface area (Å²) in [6.45, 7) is 1.99. The second kappa shape index (κ2) is 2.45. The first-order valence-electron chi connectivity index (χ1n) is 4.13. The number of hydrogen-bond donors (Lipinski definition) is 1. The summed E-state index contributed by atoms with van der Waals surface area (Å²) < 4.78 is 2.03. The van der Waals surface area contributed by atoms with Gasteiger partial charge in [-0.05, 0) is 25.0 Å². The van der Waals surface area contributed by atoms with Crippen LogP contribution in [0.5, 0.6) is 0 Å². The van der Waals surface area contributed by atoms with Gasteiger partial charge in [0.15, 0.2) is 0 Å². The quantitative estimate of drug-likeness (QED) is 0.609. The number of aromatic nitrogens is 1. The van der Waals surface area contributed by atoms with Crippen molar-refractivity contribution in [2.24, 2.45) is 17.8 Å². The molecule has 0 radical (unpaired) electrons. The zero-order chi connectivity index (χ0) is 8.72. The van der Waals surface area contributed by atoms with Crippen LogP contribution in [0.2, 0.25) is 0 Å². The van der Waals surface area contributed by atoms with Crippen LogP contribution in [0.1, 0.15) is 12.5 Å². The monoisotopic (exact) mass is 163 g/mol. The minimum Gasteiger partial charge on any atom is -0.336 e. The van der Waals surface area contributed by atoms with Crippen LogP contribution in [0.4, 0.5) is 5.82 Å². The molecule has 0 saturated heterocycles. The fourth-order valence-corrected chi connectivity index (χ4v) is 1.52. The van der Waals surface area contributed by atoms with Gasteiger partial charge in [0.2, 0.25) is 0 Å². The van der Waals surface area contributed by atoms with E-state index >= 15 is 0 Å². The molecular weight excluding hydrogens is 150 g/mol. The molecular formula is C9H13N3. The summed E-state index contributed by atoms with van der Waals surface area (Å²) in [5.41, 5.74) is 8.15. The minimum atomic E-state index is 0.111. The largest absolute Gasteiger partial charge is 0.336 e. The van der Waals surface area contributed by atoms with E-state index in [1.165, 1.54) is 5.56 Å². The van der Waals surface area contributed by atoms with Gasteiger partial charge in [0.05, 0.1) is 0 Å². The van der Waals surface area contributed by atoms with Crippen molar-refractivity contribution in [3.05, 3.63) is 17.8 Å². The zero-order valence-corrected chi connectivity index (χ0v) is 7.41. The summed E-state index contributed by atoms with van der Waals surface area (Å²) in [6.07, 6.45) is 2.95. The number of hydrogen-bond acceptors (Lipinski definition) is 2. The SMILES string of the molecule is CC1=Nc2c(ccn2C)CC1N. The normalized spacial score (nSPS) is 21.9. The van der Waals surface area contributed by atoms with Gasteiger partial charge in [0.1, 0.15) is 5.82 Å². The lowest BCUT2D eigenvalue weighted by molar-refractivity contribution is 0.812. The highest BCUT2D eigenvalue weighted by Gasteiger charge is 2.18. The van der Waals surface area contributed by atoms with Gasteiger partial charge in [0.25, 0.3) is 0 Å². The molecule has 3 nitrogen and oxygen atoms in total. The molecule has 0 fully saturated rings. The smallest absolute Gasteiger partial charge is 0.135 e. The zero-order valence-electron chi connectivity index (χ0n) is 7.41. The molecule has 0 bridgehead atoms. The Labute approximate surface area is 71.9 Å². The van der Waals surface area contributed by atoms with Gasteiger partial charge in [0, 0.05) is 25.0 Å². The first-order chi connectivity index (χ1) is 5.68. The summed E-state index contributed by atoms with van der Waals surface area (Å²) in [4.78, 5) is 4.44. The Kier molecular flexibility index (Phi) is 1.54. The number of rotatable bonds is 0. The van der Waals surface area contributed by atoms with Crippen molar-refractivity contribution in [2.45, 2.75) is 19.4 Å². The maximum absolute atomic E-state index is 5.86. The molecule has 1 aliphatic rings. The number of nitrogens with zero attached hydrogens (tertiary/aromatic N) is 2. The molecule has 0 saturated carbocycles. The van der Waals surface area contributed by atoms with Crippen LogP contribution in [-0.2, 0) is 13.5 Å². The molecule has 1 unspecified atom stereocenters. The topological polar surface area (TPSA) is 43.3 Å². The molecule has 64 valence electrons. The summed E-state index contributed by atoms with van der Waals surface area (Å²) >= 11 is 0. The Hall–Kier alpha value is -1.09. The first kappa shape index (κ1) is 7.55. The van der Waals surface area contributed by atoms with Gasteiger partial charge in [-0.15, -0.1) is 0 Å². The van der Waals surface area contributed by atoms with Crippen molar-refractivity contribution in [1.29, 1.82) is 0 Å². The van der Waals surface area contributed by atoms with E-state index in [2.05, 4.69) is 11.1 Å². The molecule has 0 aromatic carbocycles. The van der Waals surface area contributed by atoms with Crippen LogP contribution in [0, 0.1) is 0 Å². The highest BCUT2D eigenvalue weighted by molar-refractivity contribution is 5.91. The number of fused-ring (bicyclic) bond motifs is 1. The molecule has 1 aromatic rings. The molecule has 3 heteroatoms. The van der Waals surface area contributed by atoms with Crippen molar-refractivity contribution in [3.8, 4) is 0 Å². The lowest BCUT2D eigenvalue weighted by atomic mass is 10.0. The molecule has 2 N–H and O–H groups in total. The third-order valence-corrected chi connectivity index (χ3v) is 2.38.